The van der Waals surface area contributed by atoms with E-state index in [1.54, 1.807) is 7.05 Å². The monoisotopic (exact) mass is 365 g/mol. The van der Waals surface area contributed by atoms with Crippen molar-refractivity contribution in [3.8, 4) is 0 Å². The smallest absolute Gasteiger partial charge is 0.191 e. The van der Waals surface area contributed by atoms with E-state index in [2.05, 4.69) is 41.3 Å². The lowest BCUT2D eigenvalue weighted by Crippen LogP contribution is -2.36. The standard InChI is InChI=1S/C12H19N3S.HI/c1-4-8-14-12(13-3)15-9-11-7-6-10(5-2)16-11;/h4,6-7H,1,5,8-9H2,2-3H3,(H2,13,14,15);1H. The number of hydrogen-bond acceptors (Lipinski definition) is 2. The number of guanidine groups is 1. The predicted molar refractivity (Wildman–Crippen MR) is 87.5 cm³/mol. The average Bonchev–Trinajstić information content (AvgIpc) is 2.77. The van der Waals surface area contributed by atoms with E-state index in [0.717, 1.165) is 25.5 Å². The van der Waals surface area contributed by atoms with Gasteiger partial charge in [0.05, 0.1) is 6.54 Å². The summed E-state index contributed by atoms with van der Waals surface area (Å²) in [5.41, 5.74) is 0. The normalized spacial score (nSPS) is 10.6. The molecule has 0 radical (unpaired) electrons. The Balaban J connectivity index is 0.00000256. The Labute approximate surface area is 124 Å². The average molecular weight is 365 g/mol. The molecule has 1 heterocycles. The van der Waals surface area contributed by atoms with Crippen molar-refractivity contribution in [2.75, 3.05) is 13.6 Å². The van der Waals surface area contributed by atoms with Gasteiger partial charge in [-0.1, -0.05) is 13.0 Å². The van der Waals surface area contributed by atoms with Crippen LogP contribution in [0.2, 0.25) is 0 Å². The molecule has 0 saturated carbocycles. The summed E-state index contributed by atoms with van der Waals surface area (Å²) in [6, 6.07) is 4.35. The van der Waals surface area contributed by atoms with Gasteiger partial charge in [-0.25, -0.2) is 0 Å². The Kier molecular flexibility index (Phi) is 9.16. The molecule has 0 unspecified atom stereocenters. The van der Waals surface area contributed by atoms with E-state index in [-0.39, 0.29) is 24.0 Å². The fourth-order valence-electron chi connectivity index (χ4n) is 1.27. The van der Waals surface area contributed by atoms with Gasteiger partial charge in [0.1, 0.15) is 0 Å². The minimum Gasteiger partial charge on any atom is -0.353 e. The van der Waals surface area contributed by atoms with Crippen molar-refractivity contribution in [2.45, 2.75) is 19.9 Å². The molecule has 1 rings (SSSR count). The van der Waals surface area contributed by atoms with E-state index < -0.39 is 0 Å². The lowest BCUT2D eigenvalue weighted by atomic mass is 10.4. The topological polar surface area (TPSA) is 36.4 Å². The third-order valence-corrected chi connectivity index (χ3v) is 3.36. The Bertz CT molecular complexity index is 360. The molecule has 0 amide bonds. The number of nitrogens with one attached hydrogen (secondary N) is 2. The van der Waals surface area contributed by atoms with Crippen LogP contribution in [0, 0.1) is 0 Å². The zero-order valence-electron chi connectivity index (χ0n) is 10.3. The zero-order chi connectivity index (χ0) is 11.8. The molecule has 0 spiro atoms. The summed E-state index contributed by atoms with van der Waals surface area (Å²) in [7, 11) is 1.77. The van der Waals surface area contributed by atoms with Crippen LogP contribution in [0.1, 0.15) is 16.7 Å². The molecular weight excluding hydrogens is 345 g/mol. The van der Waals surface area contributed by atoms with Crippen LogP contribution in [0.3, 0.4) is 0 Å². The molecule has 1 aromatic rings. The van der Waals surface area contributed by atoms with Crippen LogP contribution >= 0.6 is 35.3 Å². The summed E-state index contributed by atoms with van der Waals surface area (Å²) in [5, 5.41) is 6.40. The molecule has 0 aliphatic heterocycles. The van der Waals surface area contributed by atoms with Gasteiger partial charge in [0, 0.05) is 23.3 Å². The molecule has 0 bridgehead atoms. The molecule has 3 nitrogen and oxygen atoms in total. The first-order valence-electron chi connectivity index (χ1n) is 5.43. The molecule has 2 N–H and O–H groups in total. The highest BCUT2D eigenvalue weighted by Gasteiger charge is 2.00. The van der Waals surface area contributed by atoms with Crippen molar-refractivity contribution in [2.24, 2.45) is 4.99 Å². The Morgan fingerprint density at radius 1 is 1.41 bits per heavy atom. The molecule has 0 fully saturated rings. The quantitative estimate of drug-likeness (QED) is 0.364. The van der Waals surface area contributed by atoms with Crippen LogP contribution < -0.4 is 10.6 Å². The van der Waals surface area contributed by atoms with Crippen LogP contribution in [0.5, 0.6) is 0 Å². The van der Waals surface area contributed by atoms with Crippen molar-refractivity contribution in [3.05, 3.63) is 34.5 Å². The minimum atomic E-state index is 0. The van der Waals surface area contributed by atoms with Gasteiger partial charge in [0.25, 0.3) is 0 Å². The fourth-order valence-corrected chi connectivity index (χ4v) is 2.17. The Morgan fingerprint density at radius 2 is 2.12 bits per heavy atom. The highest BCUT2D eigenvalue weighted by atomic mass is 127. The number of halogens is 1. The molecular formula is C12H20IN3S. The van der Waals surface area contributed by atoms with Crippen LogP contribution in [-0.2, 0) is 13.0 Å². The van der Waals surface area contributed by atoms with Gasteiger partial charge in [-0.05, 0) is 18.6 Å². The number of aliphatic imine (C=N–C) groups is 1. The van der Waals surface area contributed by atoms with Crippen LogP contribution in [0.4, 0.5) is 0 Å². The van der Waals surface area contributed by atoms with Crippen molar-refractivity contribution in [3.63, 3.8) is 0 Å². The van der Waals surface area contributed by atoms with Crippen LogP contribution in [-0.4, -0.2) is 19.6 Å². The summed E-state index contributed by atoms with van der Waals surface area (Å²) < 4.78 is 0. The van der Waals surface area contributed by atoms with Gasteiger partial charge >= 0.3 is 0 Å². The Hall–Kier alpha value is -0.560. The summed E-state index contributed by atoms with van der Waals surface area (Å²) in [5.74, 6) is 0.811. The first-order chi connectivity index (χ1) is 7.80. The molecule has 5 heteroatoms. The molecule has 96 valence electrons. The maximum atomic E-state index is 4.12. The second-order valence-electron chi connectivity index (χ2n) is 3.32. The van der Waals surface area contributed by atoms with Gasteiger partial charge in [-0.2, -0.15) is 0 Å². The maximum Gasteiger partial charge on any atom is 0.191 e. The predicted octanol–water partition coefficient (Wildman–Crippen LogP) is 2.78. The minimum absolute atomic E-state index is 0. The van der Waals surface area contributed by atoms with Gasteiger partial charge < -0.3 is 10.6 Å². The number of hydrogen-bond donors (Lipinski definition) is 2. The summed E-state index contributed by atoms with van der Waals surface area (Å²) >= 11 is 1.84. The third kappa shape index (κ3) is 6.07. The Morgan fingerprint density at radius 3 is 2.65 bits per heavy atom. The highest BCUT2D eigenvalue weighted by molar-refractivity contribution is 14.0. The first kappa shape index (κ1) is 16.4. The molecule has 0 saturated heterocycles. The molecule has 0 aromatic carbocycles. The maximum absolute atomic E-state index is 4.12. The zero-order valence-corrected chi connectivity index (χ0v) is 13.5. The van der Waals surface area contributed by atoms with Gasteiger partial charge in [-0.15, -0.1) is 41.9 Å². The fraction of sp³-hybridized carbons (Fsp3) is 0.417. The van der Waals surface area contributed by atoms with Crippen molar-refractivity contribution in [1.82, 2.24) is 10.6 Å². The van der Waals surface area contributed by atoms with E-state index in [1.165, 1.54) is 9.75 Å². The van der Waals surface area contributed by atoms with Crippen LogP contribution in [0.25, 0.3) is 0 Å². The number of thiophene rings is 1. The number of aryl methyl sites for hydroxylation is 1. The van der Waals surface area contributed by atoms with E-state index in [4.69, 9.17) is 0 Å². The number of nitrogens with zero attached hydrogens (tertiary/aromatic N) is 1. The molecule has 0 aliphatic carbocycles. The van der Waals surface area contributed by atoms with Crippen molar-refractivity contribution >= 4 is 41.3 Å². The van der Waals surface area contributed by atoms with Gasteiger partial charge in [-0.3, -0.25) is 4.99 Å². The first-order valence-corrected chi connectivity index (χ1v) is 6.24. The SMILES string of the molecule is C=CCNC(=NC)NCc1ccc(CC)s1.I. The highest BCUT2D eigenvalue weighted by Crippen LogP contribution is 2.16. The molecule has 1 aromatic heterocycles. The van der Waals surface area contributed by atoms with Crippen LogP contribution in [0.15, 0.2) is 29.8 Å². The lowest BCUT2D eigenvalue weighted by molar-refractivity contribution is 0.858. The van der Waals surface area contributed by atoms with Crippen molar-refractivity contribution < 1.29 is 0 Å². The molecule has 0 atom stereocenters. The van der Waals surface area contributed by atoms with Gasteiger partial charge in [0.2, 0.25) is 0 Å². The third-order valence-electron chi connectivity index (χ3n) is 2.13. The van der Waals surface area contributed by atoms with E-state index in [0.29, 0.717) is 0 Å². The van der Waals surface area contributed by atoms with E-state index >= 15 is 0 Å². The van der Waals surface area contributed by atoms with Crippen molar-refractivity contribution in [1.29, 1.82) is 0 Å². The largest absolute Gasteiger partial charge is 0.353 e. The van der Waals surface area contributed by atoms with E-state index in [1.807, 2.05) is 17.4 Å². The summed E-state index contributed by atoms with van der Waals surface area (Å²) in [6.45, 7) is 7.38. The second kappa shape index (κ2) is 9.47. The van der Waals surface area contributed by atoms with Gasteiger partial charge in [0.15, 0.2) is 5.96 Å². The molecule has 0 aliphatic rings. The lowest BCUT2D eigenvalue weighted by Gasteiger charge is -2.08. The number of rotatable bonds is 5. The van der Waals surface area contributed by atoms with E-state index in [9.17, 15) is 0 Å². The summed E-state index contributed by atoms with van der Waals surface area (Å²) in [4.78, 5) is 6.87. The second-order valence-corrected chi connectivity index (χ2v) is 4.57. The summed E-state index contributed by atoms with van der Waals surface area (Å²) in [6.07, 6.45) is 2.92. The molecule has 17 heavy (non-hydrogen) atoms.